The third-order valence-corrected chi connectivity index (χ3v) is 4.47. The molecule has 3 heterocycles. The molecule has 7 nitrogen and oxygen atoms in total. The highest BCUT2D eigenvalue weighted by Crippen LogP contribution is 2.33. The zero-order valence-corrected chi connectivity index (χ0v) is 13.8. The molecule has 1 amide bonds. The van der Waals surface area contributed by atoms with Gasteiger partial charge in [-0.25, -0.2) is 0 Å². The van der Waals surface area contributed by atoms with E-state index in [0.29, 0.717) is 31.2 Å². The lowest BCUT2D eigenvalue weighted by atomic mass is 9.97. The molecule has 0 aromatic carbocycles. The van der Waals surface area contributed by atoms with Crippen LogP contribution in [0.15, 0.2) is 29.0 Å². The summed E-state index contributed by atoms with van der Waals surface area (Å²) in [6, 6.07) is 3.63. The van der Waals surface area contributed by atoms with Crippen molar-refractivity contribution in [2.24, 2.45) is 5.92 Å². The van der Waals surface area contributed by atoms with Gasteiger partial charge in [0.05, 0.1) is 5.92 Å². The molecule has 1 fully saturated rings. The highest BCUT2D eigenvalue weighted by Gasteiger charge is 2.38. The van der Waals surface area contributed by atoms with Gasteiger partial charge in [0.25, 0.3) is 0 Å². The molecule has 0 bridgehead atoms. The molecular formula is C17H22N4O3. The Morgan fingerprint density at radius 3 is 2.88 bits per heavy atom. The van der Waals surface area contributed by atoms with E-state index in [1.54, 1.807) is 17.3 Å². The lowest BCUT2D eigenvalue weighted by molar-refractivity contribution is -0.130. The maximum Gasteiger partial charge on any atom is 0.232 e. The van der Waals surface area contributed by atoms with Crippen molar-refractivity contribution in [1.82, 2.24) is 20.0 Å². The first-order valence-corrected chi connectivity index (χ1v) is 8.35. The monoisotopic (exact) mass is 330 g/mol. The number of rotatable bonds is 6. The quantitative estimate of drug-likeness (QED) is 0.869. The van der Waals surface area contributed by atoms with Crippen LogP contribution in [-0.4, -0.2) is 50.7 Å². The Kier molecular flexibility index (Phi) is 5.20. The van der Waals surface area contributed by atoms with Crippen molar-refractivity contribution >= 4 is 5.91 Å². The molecular weight excluding hydrogens is 308 g/mol. The molecule has 1 saturated heterocycles. The zero-order valence-electron chi connectivity index (χ0n) is 13.8. The van der Waals surface area contributed by atoms with Gasteiger partial charge in [0.1, 0.15) is 0 Å². The number of hydrogen-bond acceptors (Lipinski definition) is 6. The van der Waals surface area contributed by atoms with E-state index in [1.165, 1.54) is 0 Å². The van der Waals surface area contributed by atoms with Crippen molar-refractivity contribution in [2.75, 3.05) is 19.7 Å². The molecule has 128 valence electrons. The number of aromatic nitrogens is 3. The number of carbonyl (C=O) groups is 1. The van der Waals surface area contributed by atoms with E-state index in [0.717, 1.165) is 18.4 Å². The predicted molar refractivity (Wildman–Crippen MR) is 87.0 cm³/mol. The van der Waals surface area contributed by atoms with Gasteiger partial charge in [-0.3, -0.25) is 9.78 Å². The third kappa shape index (κ3) is 3.46. The SMILES string of the molecule is CCCCC(=O)N1C[C@@H](CO)[C@H](c2nc(-c3ccncc3)no2)C1. The Hall–Kier alpha value is -2.28. The molecule has 0 radical (unpaired) electrons. The number of hydrogen-bond donors (Lipinski definition) is 1. The number of amides is 1. The summed E-state index contributed by atoms with van der Waals surface area (Å²) in [5, 5.41) is 13.7. The number of unbranched alkanes of at least 4 members (excludes halogenated alkanes) is 1. The standard InChI is InChI=1S/C17H22N4O3/c1-2-3-4-15(23)21-9-13(11-22)14(10-21)17-19-16(20-24-17)12-5-7-18-8-6-12/h5-8,13-14,22H,2-4,9-11H2,1H3/t13-,14+/m0/s1. The first-order valence-electron chi connectivity index (χ1n) is 8.35. The zero-order chi connectivity index (χ0) is 16.9. The lowest BCUT2D eigenvalue weighted by Crippen LogP contribution is -2.28. The average molecular weight is 330 g/mol. The summed E-state index contributed by atoms with van der Waals surface area (Å²) in [7, 11) is 0. The van der Waals surface area contributed by atoms with Crippen LogP contribution in [0.3, 0.4) is 0 Å². The number of nitrogens with zero attached hydrogens (tertiary/aromatic N) is 4. The van der Waals surface area contributed by atoms with Crippen LogP contribution < -0.4 is 0 Å². The molecule has 0 spiro atoms. The smallest absolute Gasteiger partial charge is 0.232 e. The summed E-state index contributed by atoms with van der Waals surface area (Å²) >= 11 is 0. The van der Waals surface area contributed by atoms with Crippen LogP contribution in [0.5, 0.6) is 0 Å². The van der Waals surface area contributed by atoms with Gasteiger partial charge >= 0.3 is 0 Å². The van der Waals surface area contributed by atoms with Crippen molar-refractivity contribution in [3.05, 3.63) is 30.4 Å². The maximum atomic E-state index is 12.2. The lowest BCUT2D eigenvalue weighted by Gasteiger charge is -2.15. The Morgan fingerprint density at radius 2 is 2.17 bits per heavy atom. The normalized spacial score (nSPS) is 20.5. The molecule has 0 saturated carbocycles. The van der Waals surface area contributed by atoms with E-state index in [4.69, 9.17) is 4.52 Å². The largest absolute Gasteiger partial charge is 0.396 e. The summed E-state index contributed by atoms with van der Waals surface area (Å²) in [6.45, 7) is 3.12. The van der Waals surface area contributed by atoms with Gasteiger partial charge in [-0.15, -0.1) is 0 Å². The van der Waals surface area contributed by atoms with Crippen LogP contribution in [0.1, 0.15) is 38.0 Å². The summed E-state index contributed by atoms with van der Waals surface area (Å²) in [4.78, 5) is 22.5. The highest BCUT2D eigenvalue weighted by atomic mass is 16.5. The van der Waals surface area contributed by atoms with E-state index >= 15 is 0 Å². The fourth-order valence-electron chi connectivity index (χ4n) is 3.03. The van der Waals surface area contributed by atoms with E-state index in [-0.39, 0.29) is 24.3 Å². The van der Waals surface area contributed by atoms with Gasteiger partial charge < -0.3 is 14.5 Å². The minimum absolute atomic E-state index is 0.00477. The molecule has 2 aromatic heterocycles. The third-order valence-electron chi connectivity index (χ3n) is 4.47. The summed E-state index contributed by atoms with van der Waals surface area (Å²) < 4.78 is 5.41. The Labute approximate surface area is 140 Å². The van der Waals surface area contributed by atoms with Gasteiger partial charge in [-0.1, -0.05) is 18.5 Å². The van der Waals surface area contributed by atoms with Crippen molar-refractivity contribution in [3.63, 3.8) is 0 Å². The molecule has 1 aliphatic rings. The fourth-order valence-corrected chi connectivity index (χ4v) is 3.03. The fraction of sp³-hybridized carbons (Fsp3) is 0.529. The van der Waals surface area contributed by atoms with Crippen molar-refractivity contribution in [3.8, 4) is 11.4 Å². The van der Waals surface area contributed by atoms with Crippen LogP contribution >= 0.6 is 0 Å². The molecule has 1 N–H and O–H groups in total. The predicted octanol–water partition coefficient (Wildman–Crippen LogP) is 1.86. The Balaban J connectivity index is 1.74. The second-order valence-corrected chi connectivity index (χ2v) is 6.14. The van der Waals surface area contributed by atoms with Crippen LogP contribution in [-0.2, 0) is 4.79 Å². The highest BCUT2D eigenvalue weighted by molar-refractivity contribution is 5.76. The topological polar surface area (TPSA) is 92.4 Å². The number of carbonyl (C=O) groups excluding carboxylic acids is 1. The van der Waals surface area contributed by atoms with E-state index in [9.17, 15) is 9.90 Å². The minimum atomic E-state index is -0.122. The number of pyridine rings is 1. The van der Waals surface area contributed by atoms with Crippen LogP contribution in [0.25, 0.3) is 11.4 Å². The number of aliphatic hydroxyl groups excluding tert-OH is 1. The first kappa shape index (κ1) is 16.6. The van der Waals surface area contributed by atoms with Crippen LogP contribution in [0.4, 0.5) is 0 Å². The molecule has 1 aliphatic heterocycles. The van der Waals surface area contributed by atoms with E-state index < -0.39 is 0 Å². The van der Waals surface area contributed by atoms with Gasteiger partial charge in [-0.05, 0) is 18.6 Å². The minimum Gasteiger partial charge on any atom is -0.396 e. The Morgan fingerprint density at radius 1 is 1.38 bits per heavy atom. The second-order valence-electron chi connectivity index (χ2n) is 6.14. The van der Waals surface area contributed by atoms with E-state index in [2.05, 4.69) is 22.0 Å². The molecule has 0 unspecified atom stereocenters. The molecule has 24 heavy (non-hydrogen) atoms. The number of aliphatic hydroxyl groups is 1. The summed E-state index contributed by atoms with van der Waals surface area (Å²) in [5.41, 5.74) is 0.828. The van der Waals surface area contributed by atoms with Gasteiger partial charge in [0.15, 0.2) is 0 Å². The van der Waals surface area contributed by atoms with Crippen molar-refractivity contribution in [1.29, 1.82) is 0 Å². The Bertz CT molecular complexity index is 673. The summed E-state index contributed by atoms with van der Waals surface area (Å²) in [6.07, 6.45) is 5.77. The van der Waals surface area contributed by atoms with Crippen molar-refractivity contribution < 1.29 is 14.4 Å². The second kappa shape index (κ2) is 7.53. The van der Waals surface area contributed by atoms with Gasteiger partial charge in [-0.2, -0.15) is 4.98 Å². The van der Waals surface area contributed by atoms with E-state index in [1.807, 2.05) is 12.1 Å². The number of likely N-dealkylation sites (tertiary alicyclic amines) is 1. The molecule has 0 aliphatic carbocycles. The molecule has 2 atom stereocenters. The van der Waals surface area contributed by atoms with Crippen LogP contribution in [0.2, 0.25) is 0 Å². The molecule has 2 aromatic rings. The summed E-state index contributed by atoms with van der Waals surface area (Å²) in [5.74, 6) is 0.920. The van der Waals surface area contributed by atoms with Crippen LogP contribution in [0, 0.1) is 5.92 Å². The first-order chi connectivity index (χ1) is 11.7. The molecule has 7 heteroatoms. The van der Waals surface area contributed by atoms with Gasteiger partial charge in [0, 0.05) is 50.0 Å². The maximum absolute atomic E-state index is 12.2. The van der Waals surface area contributed by atoms with Crippen molar-refractivity contribution in [2.45, 2.75) is 32.1 Å². The van der Waals surface area contributed by atoms with Gasteiger partial charge in [0.2, 0.25) is 17.6 Å². The molecule has 3 rings (SSSR count). The average Bonchev–Trinajstić information content (AvgIpc) is 3.27.